The number of piperidine rings is 1. The maximum absolute atomic E-state index is 5.94. The van der Waals surface area contributed by atoms with Crippen LogP contribution in [0.25, 0.3) is 0 Å². The van der Waals surface area contributed by atoms with E-state index in [0.29, 0.717) is 0 Å². The van der Waals surface area contributed by atoms with Gasteiger partial charge >= 0.3 is 0 Å². The van der Waals surface area contributed by atoms with E-state index >= 15 is 0 Å². The normalized spacial score (nSPS) is 17.7. The first-order valence-corrected chi connectivity index (χ1v) is 7.63. The first kappa shape index (κ1) is 16.3. The fourth-order valence-corrected chi connectivity index (χ4v) is 3.55. The van der Waals surface area contributed by atoms with Gasteiger partial charge in [0.15, 0.2) is 0 Å². The number of rotatable bonds is 5. The molecule has 0 unspecified atom stereocenters. The van der Waals surface area contributed by atoms with Crippen LogP contribution in [-0.2, 0) is 6.54 Å². The molecule has 2 heterocycles. The molecule has 1 saturated heterocycles. The van der Waals surface area contributed by atoms with Crippen LogP contribution < -0.4 is 5.32 Å². The molecule has 0 aromatic carbocycles. The van der Waals surface area contributed by atoms with Gasteiger partial charge in [0, 0.05) is 16.8 Å². The molecule has 0 aliphatic carbocycles. The predicted molar refractivity (Wildman–Crippen MR) is 83.1 cm³/mol. The number of thiophene rings is 1. The quantitative estimate of drug-likeness (QED) is 0.893. The number of hydrogen-bond acceptors (Lipinski definition) is 3. The Morgan fingerprint density at radius 2 is 2.17 bits per heavy atom. The molecule has 0 spiro atoms. The van der Waals surface area contributed by atoms with Gasteiger partial charge in [0.05, 0.1) is 5.02 Å². The molecule has 1 fully saturated rings. The zero-order valence-corrected chi connectivity index (χ0v) is 13.2. The summed E-state index contributed by atoms with van der Waals surface area (Å²) >= 11 is 7.72. The third-order valence-electron chi connectivity index (χ3n) is 3.51. The maximum Gasteiger partial charge on any atom is 0.0516 e. The highest BCUT2D eigenvalue weighted by Crippen LogP contribution is 2.24. The van der Waals surface area contributed by atoms with E-state index in [1.165, 1.54) is 37.2 Å². The number of likely N-dealkylation sites (tertiary alicyclic amines) is 1. The molecule has 0 atom stereocenters. The van der Waals surface area contributed by atoms with E-state index in [2.05, 4.69) is 16.3 Å². The molecule has 2 rings (SSSR count). The summed E-state index contributed by atoms with van der Waals surface area (Å²) in [4.78, 5) is 3.95. The van der Waals surface area contributed by atoms with E-state index in [4.69, 9.17) is 11.6 Å². The summed E-state index contributed by atoms with van der Waals surface area (Å²) in [5.74, 6) is 0.922. The Bertz CT molecular complexity index is 335. The zero-order chi connectivity index (χ0) is 12.1. The molecule has 1 aliphatic rings. The highest BCUT2D eigenvalue weighted by Gasteiger charge is 2.18. The number of hydrogen-bond donors (Lipinski definition) is 1. The smallest absolute Gasteiger partial charge is 0.0516 e. The Labute approximate surface area is 125 Å². The van der Waals surface area contributed by atoms with Crippen LogP contribution in [0.4, 0.5) is 0 Å². The standard InChI is InChI=1S/C13H21ClN2S.ClH/c1-15-5-2-11-3-6-16(7-4-11)9-13-8-12(14)10-17-13;/h8,10-11,15H,2-7,9H2,1H3;1H. The summed E-state index contributed by atoms with van der Waals surface area (Å²) < 4.78 is 0. The predicted octanol–water partition coefficient (Wildman–Crippen LogP) is 3.64. The average molecular weight is 309 g/mol. The number of nitrogens with zero attached hydrogens (tertiary/aromatic N) is 1. The van der Waals surface area contributed by atoms with E-state index in [1.807, 2.05) is 12.4 Å². The highest BCUT2D eigenvalue weighted by molar-refractivity contribution is 7.10. The number of nitrogens with one attached hydrogen (secondary N) is 1. The van der Waals surface area contributed by atoms with Crippen molar-refractivity contribution in [3.05, 3.63) is 21.3 Å². The van der Waals surface area contributed by atoms with Gasteiger partial charge in [-0.3, -0.25) is 4.90 Å². The third kappa shape index (κ3) is 5.06. The van der Waals surface area contributed by atoms with Gasteiger partial charge in [-0.2, -0.15) is 0 Å². The van der Waals surface area contributed by atoms with Crippen molar-refractivity contribution in [3.8, 4) is 0 Å². The Morgan fingerprint density at radius 1 is 1.44 bits per heavy atom. The van der Waals surface area contributed by atoms with Crippen molar-refractivity contribution in [2.75, 3.05) is 26.7 Å². The van der Waals surface area contributed by atoms with Gasteiger partial charge in [0.1, 0.15) is 0 Å². The van der Waals surface area contributed by atoms with Gasteiger partial charge in [-0.25, -0.2) is 0 Å². The van der Waals surface area contributed by atoms with E-state index in [0.717, 1.165) is 24.0 Å². The first-order valence-electron chi connectivity index (χ1n) is 6.38. The van der Waals surface area contributed by atoms with E-state index in [1.54, 1.807) is 11.3 Å². The Kier molecular flexibility index (Phi) is 7.57. The SMILES string of the molecule is CNCCC1CCN(Cc2cc(Cl)cs2)CC1.Cl. The second-order valence-electron chi connectivity index (χ2n) is 4.84. The molecule has 104 valence electrons. The van der Waals surface area contributed by atoms with Crippen LogP contribution in [-0.4, -0.2) is 31.6 Å². The molecule has 0 radical (unpaired) electrons. The minimum absolute atomic E-state index is 0. The Hall–Kier alpha value is 0.200. The first-order chi connectivity index (χ1) is 8.28. The summed E-state index contributed by atoms with van der Waals surface area (Å²) in [7, 11) is 2.04. The van der Waals surface area contributed by atoms with Crippen molar-refractivity contribution in [2.24, 2.45) is 5.92 Å². The summed E-state index contributed by atoms with van der Waals surface area (Å²) in [6, 6.07) is 2.10. The lowest BCUT2D eigenvalue weighted by atomic mass is 9.93. The van der Waals surface area contributed by atoms with Crippen LogP contribution in [0.3, 0.4) is 0 Å². The van der Waals surface area contributed by atoms with E-state index in [-0.39, 0.29) is 12.4 Å². The van der Waals surface area contributed by atoms with Crippen molar-refractivity contribution in [1.29, 1.82) is 0 Å². The molecular formula is C13H22Cl2N2S. The van der Waals surface area contributed by atoms with Crippen LogP contribution in [0.2, 0.25) is 5.02 Å². The van der Waals surface area contributed by atoms with Gasteiger partial charge in [0.25, 0.3) is 0 Å². The van der Waals surface area contributed by atoms with Crippen LogP contribution in [0.5, 0.6) is 0 Å². The van der Waals surface area contributed by atoms with Gasteiger partial charge in [0.2, 0.25) is 0 Å². The lowest BCUT2D eigenvalue weighted by Crippen LogP contribution is -2.33. The van der Waals surface area contributed by atoms with Gasteiger partial charge in [-0.05, 0) is 57.9 Å². The highest BCUT2D eigenvalue weighted by atomic mass is 35.5. The Morgan fingerprint density at radius 3 is 2.72 bits per heavy atom. The molecule has 2 nitrogen and oxygen atoms in total. The molecule has 1 N–H and O–H groups in total. The van der Waals surface area contributed by atoms with E-state index < -0.39 is 0 Å². The summed E-state index contributed by atoms with van der Waals surface area (Å²) in [5, 5.41) is 6.15. The molecule has 1 aromatic rings. The van der Waals surface area contributed by atoms with Crippen LogP contribution >= 0.6 is 35.3 Å². The molecule has 0 saturated carbocycles. The molecule has 0 amide bonds. The average Bonchev–Trinajstić information content (AvgIpc) is 2.74. The summed E-state index contributed by atoms with van der Waals surface area (Å²) in [5.41, 5.74) is 0. The van der Waals surface area contributed by atoms with Crippen molar-refractivity contribution in [3.63, 3.8) is 0 Å². The largest absolute Gasteiger partial charge is 0.320 e. The summed E-state index contributed by atoms with van der Waals surface area (Å²) in [6.07, 6.45) is 4.02. The lowest BCUT2D eigenvalue weighted by Gasteiger charge is -2.31. The molecular weight excluding hydrogens is 287 g/mol. The Balaban J connectivity index is 0.00000162. The van der Waals surface area contributed by atoms with Gasteiger partial charge < -0.3 is 5.32 Å². The van der Waals surface area contributed by atoms with Crippen LogP contribution in [0.1, 0.15) is 24.1 Å². The summed E-state index contributed by atoms with van der Waals surface area (Å²) in [6.45, 7) is 4.72. The third-order valence-corrected chi connectivity index (χ3v) is 4.78. The molecule has 5 heteroatoms. The second kappa shape index (κ2) is 8.39. The molecule has 1 aromatic heterocycles. The molecule has 0 bridgehead atoms. The molecule has 18 heavy (non-hydrogen) atoms. The number of halogens is 2. The van der Waals surface area contributed by atoms with Crippen molar-refractivity contribution in [1.82, 2.24) is 10.2 Å². The van der Waals surface area contributed by atoms with Crippen molar-refractivity contribution < 1.29 is 0 Å². The van der Waals surface area contributed by atoms with Gasteiger partial charge in [-0.1, -0.05) is 11.6 Å². The minimum Gasteiger partial charge on any atom is -0.320 e. The topological polar surface area (TPSA) is 15.3 Å². The fourth-order valence-electron chi connectivity index (χ4n) is 2.44. The van der Waals surface area contributed by atoms with Crippen molar-refractivity contribution >= 4 is 35.3 Å². The fraction of sp³-hybridized carbons (Fsp3) is 0.692. The molecule has 1 aliphatic heterocycles. The second-order valence-corrected chi connectivity index (χ2v) is 6.28. The van der Waals surface area contributed by atoms with Crippen molar-refractivity contribution in [2.45, 2.75) is 25.8 Å². The van der Waals surface area contributed by atoms with E-state index in [9.17, 15) is 0 Å². The maximum atomic E-state index is 5.94. The minimum atomic E-state index is 0. The van der Waals surface area contributed by atoms with Gasteiger partial charge in [-0.15, -0.1) is 23.7 Å². The van der Waals surface area contributed by atoms with Crippen LogP contribution in [0.15, 0.2) is 11.4 Å². The zero-order valence-electron chi connectivity index (χ0n) is 10.8. The lowest BCUT2D eigenvalue weighted by molar-refractivity contribution is 0.173. The van der Waals surface area contributed by atoms with Crippen LogP contribution in [0, 0.1) is 5.92 Å². The monoisotopic (exact) mass is 308 g/mol.